The molecule has 0 aromatic heterocycles. The van der Waals surface area contributed by atoms with Crippen LogP contribution in [0.15, 0.2) is 146 Å². The summed E-state index contributed by atoms with van der Waals surface area (Å²) in [5.74, 6) is -8.48. The Hall–Kier alpha value is -9.32. The standard InChI is InChI=1S/C31H29NO8.C30H27NO8/c1-30(2,3)40-29(36)24(33)17-23(28(35)37-4)32-18-19-15-25-26(16-22(19)27(32)34)39-31(38-25,20-11-7-5-8-12-20)21-13-9-6-10-14-21;1-29(2,3)39-28(36)23(32)16-22(27(34)35)31-17-18-14-24-25(15-21(18)26(31)33)38-30(37-24,19-10-6-4-7-11-19)20-12-8-5-9-13-20/h5-16,23H,17-18H2,1-4H3;4-15,22H,16-17H2,1-3H3,(H,34,35)/t23-;22-/m00/s1. The van der Waals surface area contributed by atoms with Crippen LogP contribution >= 0.6 is 0 Å². The Bertz CT molecular complexity index is 3310. The fourth-order valence-electron chi connectivity index (χ4n) is 9.58. The summed E-state index contributed by atoms with van der Waals surface area (Å²) in [5.41, 5.74) is 2.91. The number of aliphatic carboxylic acids is 1. The summed E-state index contributed by atoms with van der Waals surface area (Å²) in [7, 11) is 1.16. The maximum Gasteiger partial charge on any atom is 0.375 e. The Balaban J connectivity index is 0.000000192. The van der Waals surface area contributed by atoms with Crippen LogP contribution in [0.4, 0.5) is 0 Å². The van der Waals surface area contributed by atoms with Crippen LogP contribution in [0.2, 0.25) is 0 Å². The molecule has 0 bridgehead atoms. The second-order valence-electron chi connectivity index (χ2n) is 21.0. The normalized spacial score (nSPS) is 15.9. The van der Waals surface area contributed by atoms with Crippen molar-refractivity contribution in [2.45, 2.75) is 102 Å². The number of carbonyl (C=O) groups excluding carboxylic acids is 7. The van der Waals surface area contributed by atoms with Gasteiger partial charge in [-0.2, -0.15) is 0 Å². The number of esters is 3. The third-order valence-electron chi connectivity index (χ3n) is 13.2. The number of methoxy groups -OCH3 is 1. The van der Waals surface area contributed by atoms with Gasteiger partial charge in [0.1, 0.15) is 23.3 Å². The number of hydrogen-bond donors (Lipinski definition) is 1. The van der Waals surface area contributed by atoms with Crippen LogP contribution in [-0.4, -0.2) is 92.6 Å². The largest absolute Gasteiger partial charge is 0.480 e. The molecule has 18 heteroatoms. The van der Waals surface area contributed by atoms with Gasteiger partial charge in [-0.15, -0.1) is 0 Å². The van der Waals surface area contributed by atoms with Crippen molar-refractivity contribution in [3.8, 4) is 23.0 Å². The van der Waals surface area contributed by atoms with Gasteiger partial charge in [-0.25, -0.2) is 19.2 Å². The van der Waals surface area contributed by atoms with E-state index in [0.29, 0.717) is 39.7 Å². The second kappa shape index (κ2) is 21.2. The van der Waals surface area contributed by atoms with Gasteiger partial charge < -0.3 is 48.1 Å². The molecule has 4 aliphatic rings. The van der Waals surface area contributed by atoms with Crippen molar-refractivity contribution in [2.24, 2.45) is 0 Å². The number of carbonyl (C=O) groups is 8. The molecule has 10 rings (SSSR count). The van der Waals surface area contributed by atoms with E-state index >= 15 is 0 Å². The Kier molecular flexibility index (Phi) is 14.6. The number of ether oxygens (including phenoxy) is 7. The highest BCUT2D eigenvalue weighted by molar-refractivity contribution is 6.34. The van der Waals surface area contributed by atoms with Gasteiger partial charge in [0, 0.05) is 59.3 Å². The van der Waals surface area contributed by atoms with Gasteiger partial charge in [-0.3, -0.25) is 19.2 Å². The number of Topliss-reactive ketones (excluding diaryl/α,β-unsaturated/α-hetero) is 2. The number of nitrogens with zero attached hydrogens (tertiary/aromatic N) is 2. The quantitative estimate of drug-likeness (QED) is 0.0615. The second-order valence-corrected chi connectivity index (χ2v) is 21.0. The molecule has 1 N–H and O–H groups in total. The average molecular weight is 1070 g/mol. The lowest BCUT2D eigenvalue weighted by Gasteiger charge is -2.28. The number of carboxylic acid groups (broad SMARTS) is 1. The van der Waals surface area contributed by atoms with Gasteiger partial charge in [-0.05, 0) is 76.9 Å². The van der Waals surface area contributed by atoms with Crippen LogP contribution in [0, 0.1) is 0 Å². The summed E-state index contributed by atoms with van der Waals surface area (Å²) in [6.45, 7) is 9.62. The number of carboxylic acids is 1. The summed E-state index contributed by atoms with van der Waals surface area (Å²) in [6, 6.07) is 41.5. The SMILES string of the molecule is CC(C)(C)OC(=O)C(=O)C[C@@H](C(=O)O)N1Cc2cc3c(cc2C1=O)OC(c1ccccc1)(c1ccccc1)O3.COC(=O)[C@H](CC(=O)C(=O)OC(C)(C)C)N1Cc2cc3c(cc2C1=O)OC(c1ccccc1)(c1ccccc1)O3. The zero-order valence-electron chi connectivity index (χ0n) is 44.3. The topological polar surface area (TPSA) is 228 Å². The summed E-state index contributed by atoms with van der Waals surface area (Å²) < 4.78 is 40.8. The minimum atomic E-state index is -1.55. The van der Waals surface area contributed by atoms with E-state index in [2.05, 4.69) is 0 Å². The van der Waals surface area contributed by atoms with Crippen LogP contribution in [0.25, 0.3) is 0 Å². The molecule has 0 fully saturated rings. The molecule has 0 radical (unpaired) electrons. The predicted octanol–water partition coefficient (Wildman–Crippen LogP) is 8.23. The van der Waals surface area contributed by atoms with Crippen molar-refractivity contribution >= 4 is 47.3 Å². The Morgan fingerprint density at radius 1 is 0.506 bits per heavy atom. The van der Waals surface area contributed by atoms with E-state index in [0.717, 1.165) is 34.3 Å². The molecule has 6 aromatic carbocycles. The maximum absolute atomic E-state index is 13.5. The van der Waals surface area contributed by atoms with Gasteiger partial charge >= 0.3 is 35.5 Å². The molecule has 2 atom stereocenters. The van der Waals surface area contributed by atoms with Crippen LogP contribution in [0.5, 0.6) is 23.0 Å². The highest BCUT2D eigenvalue weighted by Gasteiger charge is 2.50. The Labute approximate surface area is 454 Å². The fourth-order valence-corrected chi connectivity index (χ4v) is 9.58. The van der Waals surface area contributed by atoms with E-state index in [1.54, 1.807) is 59.7 Å². The number of fused-ring (bicyclic) bond motifs is 4. The Morgan fingerprint density at radius 3 is 1.11 bits per heavy atom. The van der Waals surface area contributed by atoms with Crippen molar-refractivity contribution < 1.29 is 76.6 Å². The van der Waals surface area contributed by atoms with Crippen LogP contribution < -0.4 is 18.9 Å². The van der Waals surface area contributed by atoms with E-state index < -0.39 is 95.0 Å². The third-order valence-corrected chi connectivity index (χ3v) is 13.2. The molecule has 79 heavy (non-hydrogen) atoms. The maximum atomic E-state index is 13.5. The first-order chi connectivity index (χ1) is 37.5. The van der Waals surface area contributed by atoms with Gasteiger partial charge in [-0.1, -0.05) is 121 Å². The average Bonchev–Trinajstić information content (AvgIpc) is 4.33. The van der Waals surface area contributed by atoms with Crippen molar-refractivity contribution in [3.05, 3.63) is 190 Å². The molecule has 2 amide bonds. The third kappa shape index (κ3) is 11.0. The number of amides is 2. The molecule has 0 aliphatic carbocycles. The predicted molar refractivity (Wildman–Crippen MR) is 281 cm³/mol. The van der Waals surface area contributed by atoms with Gasteiger partial charge in [0.2, 0.25) is 11.6 Å². The van der Waals surface area contributed by atoms with Crippen LogP contribution in [0.1, 0.15) is 108 Å². The summed E-state index contributed by atoms with van der Waals surface area (Å²) in [4.78, 5) is 103. The monoisotopic (exact) mass is 1070 g/mol. The lowest BCUT2D eigenvalue weighted by atomic mass is 9.97. The highest BCUT2D eigenvalue weighted by atomic mass is 16.7. The number of hydrogen-bond acceptors (Lipinski definition) is 15. The molecule has 406 valence electrons. The molecule has 4 heterocycles. The van der Waals surface area contributed by atoms with Crippen LogP contribution in [0.3, 0.4) is 0 Å². The molecule has 4 aliphatic heterocycles. The highest BCUT2D eigenvalue weighted by Crippen LogP contribution is 2.51. The van der Waals surface area contributed by atoms with Gasteiger partial charge in [0.15, 0.2) is 23.0 Å². The zero-order chi connectivity index (χ0) is 56.6. The van der Waals surface area contributed by atoms with E-state index in [4.69, 9.17) is 33.2 Å². The van der Waals surface area contributed by atoms with Crippen molar-refractivity contribution in [1.82, 2.24) is 9.80 Å². The molecular formula is C61H56N2O16. The fraction of sp³-hybridized carbons (Fsp3) is 0.279. The number of ketones is 2. The van der Waals surface area contributed by atoms with E-state index in [9.17, 15) is 43.5 Å². The van der Waals surface area contributed by atoms with Crippen molar-refractivity contribution in [2.75, 3.05) is 7.11 Å². The summed E-state index contributed by atoms with van der Waals surface area (Å²) >= 11 is 0. The minimum absolute atomic E-state index is 0.00977. The van der Waals surface area contributed by atoms with E-state index in [1.165, 1.54) is 11.0 Å². The Morgan fingerprint density at radius 2 is 0.810 bits per heavy atom. The first-order valence-corrected chi connectivity index (χ1v) is 25.3. The molecule has 18 nitrogen and oxygen atoms in total. The summed E-state index contributed by atoms with van der Waals surface area (Å²) in [6.07, 6.45) is -1.28. The number of rotatable bonds is 14. The molecular weight excluding hydrogens is 1020 g/mol. The lowest BCUT2D eigenvalue weighted by Crippen LogP contribution is -2.45. The molecule has 0 saturated carbocycles. The minimum Gasteiger partial charge on any atom is -0.480 e. The van der Waals surface area contributed by atoms with E-state index in [-0.39, 0.29) is 18.7 Å². The van der Waals surface area contributed by atoms with Crippen molar-refractivity contribution in [3.63, 3.8) is 0 Å². The van der Waals surface area contributed by atoms with Gasteiger partial charge in [0.05, 0.1) is 7.11 Å². The summed E-state index contributed by atoms with van der Waals surface area (Å²) in [5, 5.41) is 9.83. The van der Waals surface area contributed by atoms with Crippen LogP contribution in [-0.2, 0) is 67.6 Å². The van der Waals surface area contributed by atoms with E-state index in [1.807, 2.05) is 121 Å². The number of benzene rings is 6. The first kappa shape index (κ1) is 54.5. The van der Waals surface area contributed by atoms with Crippen molar-refractivity contribution in [1.29, 1.82) is 0 Å². The molecule has 0 saturated heterocycles. The molecule has 0 unspecified atom stereocenters. The smallest absolute Gasteiger partial charge is 0.375 e. The van der Waals surface area contributed by atoms with Gasteiger partial charge in [0.25, 0.3) is 11.8 Å². The molecule has 6 aromatic rings. The first-order valence-electron chi connectivity index (χ1n) is 25.3. The molecule has 0 spiro atoms. The zero-order valence-corrected chi connectivity index (χ0v) is 44.3. The lowest BCUT2D eigenvalue weighted by molar-refractivity contribution is -0.164.